The molecule has 0 aliphatic rings. The van der Waals surface area contributed by atoms with Crippen LogP contribution in [0.15, 0.2) is 42.5 Å². The van der Waals surface area contributed by atoms with E-state index in [2.05, 4.69) is 43.4 Å². The molecular weight excluding hydrogens is 262 g/mol. The summed E-state index contributed by atoms with van der Waals surface area (Å²) in [6.45, 7) is 7.05. The minimum atomic E-state index is -0.0399. The van der Waals surface area contributed by atoms with Crippen molar-refractivity contribution in [2.75, 3.05) is 0 Å². The van der Waals surface area contributed by atoms with Gasteiger partial charge in [-0.1, -0.05) is 38.1 Å². The molecule has 0 aliphatic heterocycles. The highest BCUT2D eigenvalue weighted by molar-refractivity contribution is 5.40. The van der Waals surface area contributed by atoms with Crippen LogP contribution < -0.4 is 5.32 Å². The zero-order valence-electron chi connectivity index (χ0n) is 12.8. The summed E-state index contributed by atoms with van der Waals surface area (Å²) in [5.74, 6) is 0.899. The molecule has 0 saturated heterocycles. The fourth-order valence-electron chi connectivity index (χ4n) is 2.29. The normalized spacial score (nSPS) is 12.6. The molecule has 0 spiro atoms. The Morgan fingerprint density at radius 1 is 0.952 bits per heavy atom. The Hall–Kier alpha value is -2.00. The van der Waals surface area contributed by atoms with Crippen molar-refractivity contribution in [3.8, 4) is 11.5 Å². The first-order chi connectivity index (χ1) is 9.97. The second-order valence-electron chi connectivity index (χ2n) is 5.74. The number of hydrogen-bond donors (Lipinski definition) is 3. The van der Waals surface area contributed by atoms with Crippen LogP contribution in [0.25, 0.3) is 0 Å². The summed E-state index contributed by atoms with van der Waals surface area (Å²) in [6.07, 6.45) is 0. The fraction of sp³-hybridized carbons (Fsp3) is 0.333. The van der Waals surface area contributed by atoms with E-state index in [9.17, 15) is 10.2 Å². The summed E-state index contributed by atoms with van der Waals surface area (Å²) < 4.78 is 0. The van der Waals surface area contributed by atoms with Gasteiger partial charge < -0.3 is 15.5 Å². The van der Waals surface area contributed by atoms with Crippen LogP contribution in [-0.4, -0.2) is 10.2 Å². The number of phenolic OH excluding ortho intramolecular Hbond substituents is 2. The van der Waals surface area contributed by atoms with Crippen molar-refractivity contribution in [1.82, 2.24) is 5.32 Å². The largest absolute Gasteiger partial charge is 0.508 e. The average molecular weight is 285 g/mol. The van der Waals surface area contributed by atoms with Crippen LogP contribution in [0.4, 0.5) is 0 Å². The second-order valence-corrected chi connectivity index (χ2v) is 5.74. The van der Waals surface area contributed by atoms with Crippen molar-refractivity contribution in [3.05, 3.63) is 59.2 Å². The van der Waals surface area contributed by atoms with Gasteiger partial charge in [0.15, 0.2) is 0 Å². The lowest BCUT2D eigenvalue weighted by molar-refractivity contribution is 0.440. The van der Waals surface area contributed by atoms with E-state index in [1.165, 1.54) is 23.3 Å². The number of benzene rings is 2. The van der Waals surface area contributed by atoms with Crippen molar-refractivity contribution < 1.29 is 10.2 Å². The van der Waals surface area contributed by atoms with Crippen molar-refractivity contribution in [2.45, 2.75) is 39.3 Å². The highest BCUT2D eigenvalue weighted by Gasteiger charge is 2.11. The highest BCUT2D eigenvalue weighted by Crippen LogP contribution is 2.27. The lowest BCUT2D eigenvalue weighted by Crippen LogP contribution is -2.18. The molecule has 1 unspecified atom stereocenters. The third-order valence-electron chi connectivity index (χ3n) is 3.74. The van der Waals surface area contributed by atoms with E-state index in [0.29, 0.717) is 18.0 Å². The standard InChI is InChI=1S/C18H23NO2/c1-12(2)15-6-4-14(5-7-15)11-19-13(3)17-10-16(20)8-9-18(17)21/h4-10,12-13,19-21H,11H2,1-3H3. The average Bonchev–Trinajstić information content (AvgIpc) is 2.47. The first kappa shape index (κ1) is 15.4. The molecule has 0 aromatic heterocycles. The zero-order chi connectivity index (χ0) is 15.4. The van der Waals surface area contributed by atoms with E-state index in [1.807, 2.05) is 6.92 Å². The molecule has 2 aromatic carbocycles. The monoisotopic (exact) mass is 285 g/mol. The Morgan fingerprint density at radius 3 is 2.24 bits per heavy atom. The molecule has 0 bridgehead atoms. The number of hydrogen-bond acceptors (Lipinski definition) is 3. The molecule has 3 nitrogen and oxygen atoms in total. The van der Waals surface area contributed by atoms with Crippen molar-refractivity contribution in [2.24, 2.45) is 0 Å². The maximum Gasteiger partial charge on any atom is 0.120 e. The molecule has 0 heterocycles. The second kappa shape index (κ2) is 6.64. The molecule has 112 valence electrons. The molecule has 0 fully saturated rings. The summed E-state index contributed by atoms with van der Waals surface area (Å²) in [7, 11) is 0. The van der Waals surface area contributed by atoms with Crippen LogP contribution in [0.2, 0.25) is 0 Å². The van der Waals surface area contributed by atoms with Crippen LogP contribution in [0.5, 0.6) is 11.5 Å². The van der Waals surface area contributed by atoms with Gasteiger partial charge in [-0.3, -0.25) is 0 Å². The first-order valence-corrected chi connectivity index (χ1v) is 7.31. The van der Waals surface area contributed by atoms with E-state index < -0.39 is 0 Å². The number of nitrogens with one attached hydrogen (secondary N) is 1. The van der Waals surface area contributed by atoms with Gasteiger partial charge in [-0.15, -0.1) is 0 Å². The van der Waals surface area contributed by atoms with E-state index >= 15 is 0 Å². The van der Waals surface area contributed by atoms with Crippen molar-refractivity contribution in [3.63, 3.8) is 0 Å². The molecule has 3 N–H and O–H groups in total. The molecular formula is C18H23NO2. The molecule has 3 heteroatoms. The summed E-state index contributed by atoms with van der Waals surface area (Å²) in [5, 5.41) is 22.7. The predicted octanol–water partition coefficient (Wildman–Crippen LogP) is 4.07. The Labute approximate surface area is 126 Å². The Morgan fingerprint density at radius 2 is 1.62 bits per heavy atom. The SMILES string of the molecule is CC(C)c1ccc(CNC(C)c2cc(O)ccc2O)cc1. The van der Waals surface area contributed by atoms with Crippen LogP contribution in [0.3, 0.4) is 0 Å². The Bertz CT molecular complexity index is 591. The summed E-state index contributed by atoms with van der Waals surface area (Å²) >= 11 is 0. The molecule has 0 saturated carbocycles. The zero-order valence-corrected chi connectivity index (χ0v) is 12.8. The van der Waals surface area contributed by atoms with Crippen LogP contribution in [-0.2, 0) is 6.54 Å². The lowest BCUT2D eigenvalue weighted by Gasteiger charge is -2.16. The maximum atomic E-state index is 9.85. The van der Waals surface area contributed by atoms with Gasteiger partial charge in [-0.2, -0.15) is 0 Å². The van der Waals surface area contributed by atoms with Gasteiger partial charge in [0.25, 0.3) is 0 Å². The molecule has 2 aromatic rings. The van der Waals surface area contributed by atoms with Crippen molar-refractivity contribution >= 4 is 0 Å². The lowest BCUT2D eigenvalue weighted by atomic mass is 10.0. The topological polar surface area (TPSA) is 52.5 Å². The van der Waals surface area contributed by atoms with Crippen LogP contribution >= 0.6 is 0 Å². The fourth-order valence-corrected chi connectivity index (χ4v) is 2.29. The van der Waals surface area contributed by atoms with Gasteiger partial charge in [-0.25, -0.2) is 0 Å². The maximum absolute atomic E-state index is 9.85. The van der Waals surface area contributed by atoms with E-state index in [1.54, 1.807) is 6.07 Å². The highest BCUT2D eigenvalue weighted by atomic mass is 16.3. The number of phenols is 2. The smallest absolute Gasteiger partial charge is 0.120 e. The summed E-state index contributed by atoms with van der Waals surface area (Å²) in [5.41, 5.74) is 3.23. The molecule has 21 heavy (non-hydrogen) atoms. The Balaban J connectivity index is 2.00. The summed E-state index contributed by atoms with van der Waals surface area (Å²) in [4.78, 5) is 0. The quantitative estimate of drug-likeness (QED) is 0.726. The number of aromatic hydroxyl groups is 2. The molecule has 2 rings (SSSR count). The predicted molar refractivity (Wildman–Crippen MR) is 85.6 cm³/mol. The first-order valence-electron chi connectivity index (χ1n) is 7.31. The third-order valence-corrected chi connectivity index (χ3v) is 3.74. The van der Waals surface area contributed by atoms with Gasteiger partial charge in [0.05, 0.1) is 0 Å². The van der Waals surface area contributed by atoms with Gasteiger partial charge in [0, 0.05) is 18.2 Å². The summed E-state index contributed by atoms with van der Waals surface area (Å²) in [6, 6.07) is 13.1. The molecule has 0 radical (unpaired) electrons. The van der Waals surface area contributed by atoms with E-state index in [4.69, 9.17) is 0 Å². The minimum Gasteiger partial charge on any atom is -0.508 e. The van der Waals surface area contributed by atoms with Gasteiger partial charge >= 0.3 is 0 Å². The third kappa shape index (κ3) is 3.99. The molecule has 1 atom stereocenters. The van der Waals surface area contributed by atoms with Crippen LogP contribution in [0.1, 0.15) is 49.4 Å². The minimum absolute atomic E-state index is 0.0399. The van der Waals surface area contributed by atoms with Crippen LogP contribution in [0, 0.1) is 0 Å². The number of rotatable bonds is 5. The molecule has 0 aliphatic carbocycles. The van der Waals surface area contributed by atoms with Crippen molar-refractivity contribution in [1.29, 1.82) is 0 Å². The molecule has 0 amide bonds. The van der Waals surface area contributed by atoms with Gasteiger partial charge in [0.1, 0.15) is 11.5 Å². The van der Waals surface area contributed by atoms with E-state index in [0.717, 1.165) is 0 Å². The van der Waals surface area contributed by atoms with Gasteiger partial charge in [-0.05, 0) is 42.2 Å². The van der Waals surface area contributed by atoms with Gasteiger partial charge in [0.2, 0.25) is 0 Å². The Kier molecular flexibility index (Phi) is 4.86. The van der Waals surface area contributed by atoms with E-state index in [-0.39, 0.29) is 17.5 Å².